The molecule has 5 heteroatoms. The van der Waals surface area contributed by atoms with Gasteiger partial charge in [-0.05, 0) is 41.4 Å². The zero-order valence-corrected chi connectivity index (χ0v) is 13.0. The first-order chi connectivity index (χ1) is 10.0. The predicted octanol–water partition coefficient (Wildman–Crippen LogP) is 5.34. The number of alkyl halides is 3. The first-order valence-electron chi connectivity index (χ1n) is 7.59. The molecule has 124 valence electrons. The van der Waals surface area contributed by atoms with E-state index >= 15 is 0 Å². The van der Waals surface area contributed by atoms with Crippen LogP contribution in [-0.4, -0.2) is 5.11 Å². The monoisotopic (exact) mass is 318 g/mol. The Balaban J connectivity index is 2.33. The molecule has 1 aliphatic rings. The van der Waals surface area contributed by atoms with Crippen molar-refractivity contribution in [2.75, 3.05) is 0 Å². The lowest BCUT2D eigenvalue weighted by atomic mass is 9.61. The van der Waals surface area contributed by atoms with Gasteiger partial charge in [0.1, 0.15) is 5.82 Å². The Hall–Kier alpha value is -1.10. The molecule has 0 heterocycles. The molecule has 0 amide bonds. The summed E-state index contributed by atoms with van der Waals surface area (Å²) in [7, 11) is 0. The second-order valence-electron chi connectivity index (χ2n) is 7.07. The van der Waals surface area contributed by atoms with Gasteiger partial charge in [0.25, 0.3) is 0 Å². The number of benzene rings is 1. The van der Waals surface area contributed by atoms with Crippen molar-refractivity contribution >= 4 is 0 Å². The second kappa shape index (κ2) is 5.84. The van der Waals surface area contributed by atoms with Gasteiger partial charge in [-0.1, -0.05) is 39.7 Å². The van der Waals surface area contributed by atoms with Crippen LogP contribution >= 0.6 is 0 Å². The fraction of sp³-hybridized carbons (Fsp3) is 0.647. The Morgan fingerprint density at radius 3 is 2.41 bits per heavy atom. The highest BCUT2D eigenvalue weighted by atomic mass is 19.4. The van der Waals surface area contributed by atoms with E-state index in [1.54, 1.807) is 0 Å². The Bertz CT molecular complexity index is 536. The molecule has 0 aromatic heterocycles. The molecule has 1 aliphatic carbocycles. The molecule has 1 aromatic carbocycles. The summed E-state index contributed by atoms with van der Waals surface area (Å²) in [6.07, 6.45) is -2.69. The Kier molecular flexibility index (Phi) is 4.58. The molecule has 1 aromatic rings. The molecule has 2 rings (SSSR count). The van der Waals surface area contributed by atoms with Crippen LogP contribution in [0.3, 0.4) is 0 Å². The van der Waals surface area contributed by atoms with Crippen LogP contribution in [0.15, 0.2) is 18.2 Å². The van der Waals surface area contributed by atoms with Crippen LogP contribution in [0.2, 0.25) is 0 Å². The minimum Gasteiger partial charge on any atom is -0.388 e. The Morgan fingerprint density at radius 1 is 1.27 bits per heavy atom. The number of aliphatic hydroxyl groups is 1. The van der Waals surface area contributed by atoms with Gasteiger partial charge in [0, 0.05) is 0 Å². The Labute approximate surface area is 128 Å². The molecule has 22 heavy (non-hydrogen) atoms. The molecule has 1 N–H and O–H groups in total. The molecule has 1 saturated carbocycles. The van der Waals surface area contributed by atoms with Crippen LogP contribution in [0.25, 0.3) is 0 Å². The fourth-order valence-electron chi connectivity index (χ4n) is 3.89. The normalized spacial score (nSPS) is 26.7. The SMILES string of the molecule is C[C@H]1CCCC(C)(C)[C@@H]1[C@H](O)c1ccc(C(F)(F)F)c(F)c1. The molecule has 0 radical (unpaired) electrons. The van der Waals surface area contributed by atoms with Crippen molar-refractivity contribution in [1.82, 2.24) is 0 Å². The first kappa shape index (κ1) is 17.3. The second-order valence-corrected chi connectivity index (χ2v) is 7.07. The lowest BCUT2D eigenvalue weighted by molar-refractivity contribution is -0.140. The predicted molar refractivity (Wildman–Crippen MR) is 76.6 cm³/mol. The van der Waals surface area contributed by atoms with Crippen LogP contribution in [0.1, 0.15) is 57.3 Å². The zero-order chi connectivity index (χ0) is 16.7. The molecule has 1 nitrogen and oxygen atoms in total. The summed E-state index contributed by atoms with van der Waals surface area (Å²) in [4.78, 5) is 0. The Morgan fingerprint density at radius 2 is 1.91 bits per heavy atom. The number of hydrogen-bond donors (Lipinski definition) is 1. The lowest BCUT2D eigenvalue weighted by Gasteiger charge is -2.45. The third-order valence-electron chi connectivity index (χ3n) is 4.98. The molecule has 0 spiro atoms. The summed E-state index contributed by atoms with van der Waals surface area (Å²) in [5, 5.41) is 10.6. The van der Waals surface area contributed by atoms with Gasteiger partial charge in [-0.25, -0.2) is 4.39 Å². The van der Waals surface area contributed by atoms with Crippen molar-refractivity contribution in [1.29, 1.82) is 0 Å². The minimum atomic E-state index is -4.72. The van der Waals surface area contributed by atoms with Crippen LogP contribution in [0, 0.1) is 23.1 Å². The average molecular weight is 318 g/mol. The molecule has 1 fully saturated rings. The van der Waals surface area contributed by atoms with E-state index in [0.717, 1.165) is 25.3 Å². The highest BCUT2D eigenvalue weighted by Gasteiger charge is 2.42. The summed E-state index contributed by atoms with van der Waals surface area (Å²) in [6, 6.07) is 2.73. The van der Waals surface area contributed by atoms with Crippen LogP contribution in [0.4, 0.5) is 17.6 Å². The molecular formula is C17H22F4O. The largest absolute Gasteiger partial charge is 0.419 e. The van der Waals surface area contributed by atoms with E-state index in [1.165, 1.54) is 6.07 Å². The van der Waals surface area contributed by atoms with Gasteiger partial charge in [0.2, 0.25) is 0 Å². The summed E-state index contributed by atoms with van der Waals surface area (Å²) >= 11 is 0. The highest BCUT2D eigenvalue weighted by Crippen LogP contribution is 2.49. The van der Waals surface area contributed by atoms with Gasteiger partial charge in [0.05, 0.1) is 11.7 Å². The maximum atomic E-state index is 13.7. The van der Waals surface area contributed by atoms with E-state index in [4.69, 9.17) is 0 Å². The third-order valence-corrected chi connectivity index (χ3v) is 4.98. The van der Waals surface area contributed by atoms with Crippen LogP contribution in [-0.2, 0) is 6.18 Å². The average Bonchev–Trinajstić information content (AvgIpc) is 2.35. The van der Waals surface area contributed by atoms with Crippen molar-refractivity contribution in [2.24, 2.45) is 17.3 Å². The van der Waals surface area contributed by atoms with Gasteiger partial charge in [-0.2, -0.15) is 13.2 Å². The molecule has 3 atom stereocenters. The molecule has 0 unspecified atom stereocenters. The van der Waals surface area contributed by atoms with Crippen molar-refractivity contribution in [3.63, 3.8) is 0 Å². The van der Waals surface area contributed by atoms with E-state index in [1.807, 2.05) is 6.92 Å². The van der Waals surface area contributed by atoms with Gasteiger partial charge < -0.3 is 5.11 Å². The van der Waals surface area contributed by atoms with E-state index in [9.17, 15) is 22.7 Å². The summed E-state index contributed by atoms with van der Waals surface area (Å²) in [5.41, 5.74) is -1.20. The number of hydrogen-bond acceptors (Lipinski definition) is 1. The maximum Gasteiger partial charge on any atom is 0.419 e. The van der Waals surface area contributed by atoms with Crippen molar-refractivity contribution in [3.8, 4) is 0 Å². The van der Waals surface area contributed by atoms with E-state index in [-0.39, 0.29) is 22.8 Å². The van der Waals surface area contributed by atoms with Crippen LogP contribution in [0.5, 0.6) is 0 Å². The smallest absolute Gasteiger partial charge is 0.388 e. The zero-order valence-electron chi connectivity index (χ0n) is 13.0. The molecule has 0 aliphatic heterocycles. The number of aliphatic hydroxyl groups excluding tert-OH is 1. The van der Waals surface area contributed by atoms with Gasteiger partial charge in [0.15, 0.2) is 0 Å². The van der Waals surface area contributed by atoms with Gasteiger partial charge in [-0.15, -0.1) is 0 Å². The summed E-state index contributed by atoms with van der Waals surface area (Å²) in [6.45, 7) is 6.14. The number of halogens is 4. The maximum absolute atomic E-state index is 13.7. The van der Waals surface area contributed by atoms with Gasteiger partial charge >= 0.3 is 6.18 Å². The van der Waals surface area contributed by atoms with E-state index in [0.29, 0.717) is 6.07 Å². The summed E-state index contributed by atoms with van der Waals surface area (Å²) < 4.78 is 51.6. The molecular weight excluding hydrogens is 296 g/mol. The molecule has 0 saturated heterocycles. The third kappa shape index (κ3) is 3.29. The molecule has 0 bridgehead atoms. The van der Waals surface area contributed by atoms with Gasteiger partial charge in [-0.3, -0.25) is 0 Å². The lowest BCUT2D eigenvalue weighted by Crippen LogP contribution is -2.38. The highest BCUT2D eigenvalue weighted by molar-refractivity contribution is 5.28. The first-order valence-corrected chi connectivity index (χ1v) is 7.59. The standard InChI is InChI=1S/C17H22F4O/c1-10-5-4-8-16(2,3)14(10)15(22)11-6-7-12(13(18)9-11)17(19,20)21/h6-7,9-10,14-15,22H,4-5,8H2,1-3H3/t10-,14-,15+/m0/s1. The number of rotatable bonds is 2. The van der Waals surface area contributed by atoms with E-state index < -0.39 is 23.7 Å². The van der Waals surface area contributed by atoms with Crippen molar-refractivity contribution < 1.29 is 22.7 Å². The quantitative estimate of drug-likeness (QED) is 0.730. The van der Waals surface area contributed by atoms with Crippen molar-refractivity contribution in [3.05, 3.63) is 35.1 Å². The van der Waals surface area contributed by atoms with Crippen molar-refractivity contribution in [2.45, 2.75) is 52.3 Å². The summed E-state index contributed by atoms with van der Waals surface area (Å²) in [5.74, 6) is -1.19. The van der Waals surface area contributed by atoms with E-state index in [2.05, 4.69) is 13.8 Å². The topological polar surface area (TPSA) is 20.2 Å². The van der Waals surface area contributed by atoms with Crippen LogP contribution < -0.4 is 0 Å². The fourth-order valence-corrected chi connectivity index (χ4v) is 3.89. The minimum absolute atomic E-state index is 0.0996.